The minimum atomic E-state index is -4.54. The molecule has 0 fully saturated rings. The molecule has 2 amide bonds. The number of fused-ring (bicyclic) bond motifs is 2. The summed E-state index contributed by atoms with van der Waals surface area (Å²) in [6.07, 6.45) is -0.457. The van der Waals surface area contributed by atoms with Crippen molar-refractivity contribution in [2.75, 3.05) is 10.6 Å². The summed E-state index contributed by atoms with van der Waals surface area (Å²) in [6, 6.07) is 23.9. The second-order valence-corrected chi connectivity index (χ2v) is 13.2. The molecule has 4 heterocycles. The van der Waals surface area contributed by atoms with E-state index in [1.807, 2.05) is 0 Å². The van der Waals surface area contributed by atoms with Gasteiger partial charge in [-0.3, -0.25) is 9.59 Å². The van der Waals surface area contributed by atoms with Gasteiger partial charge in [0.05, 0.1) is 44.7 Å². The fourth-order valence-electron chi connectivity index (χ4n) is 6.68. The van der Waals surface area contributed by atoms with Crippen molar-refractivity contribution >= 4 is 45.0 Å². The van der Waals surface area contributed by atoms with Gasteiger partial charge in [-0.15, -0.1) is 0 Å². The highest BCUT2D eigenvalue weighted by atomic mass is 19.4. The van der Waals surface area contributed by atoms with Crippen LogP contribution >= 0.6 is 0 Å². The predicted molar refractivity (Wildman–Crippen MR) is 201 cm³/mol. The number of furan rings is 1. The first kappa shape index (κ1) is 36.8. The third-order valence-corrected chi connectivity index (χ3v) is 9.43. The third kappa shape index (κ3) is 7.59. The lowest BCUT2D eigenvalue weighted by atomic mass is 10.1. The molecule has 0 bridgehead atoms. The molecule has 0 spiro atoms. The Kier molecular flexibility index (Phi) is 9.35. The number of rotatable bonds is 9. The number of para-hydroxylation sites is 1. The average molecular weight is 779 g/mol. The van der Waals surface area contributed by atoms with Crippen LogP contribution in [0.25, 0.3) is 33.1 Å². The number of hydrogen-bond donors (Lipinski definition) is 2. The molecule has 15 heteroatoms. The smallest absolute Gasteiger partial charge is 0.416 e. The maximum atomic E-state index is 13.8. The van der Waals surface area contributed by atoms with Crippen LogP contribution in [-0.2, 0) is 25.4 Å². The quantitative estimate of drug-likeness (QED) is 0.142. The Morgan fingerprint density at radius 2 is 1.28 bits per heavy atom. The van der Waals surface area contributed by atoms with E-state index in [0.717, 1.165) is 18.2 Å². The van der Waals surface area contributed by atoms with Gasteiger partial charge in [-0.1, -0.05) is 54.6 Å². The zero-order valence-electron chi connectivity index (χ0n) is 29.4. The van der Waals surface area contributed by atoms with Crippen LogP contribution in [0.3, 0.4) is 0 Å². The molecule has 4 aromatic heterocycles. The minimum absolute atomic E-state index is 0.0749. The van der Waals surface area contributed by atoms with Crippen molar-refractivity contribution in [2.45, 2.75) is 25.4 Å². The summed E-state index contributed by atoms with van der Waals surface area (Å²) in [5.41, 5.74) is 2.12. The largest absolute Gasteiger partial charge is 0.464 e. The Bertz CT molecular complexity index is 2770. The number of alkyl halides is 6. The molecule has 286 valence electrons. The van der Waals surface area contributed by atoms with E-state index in [0.29, 0.717) is 50.1 Å². The van der Waals surface area contributed by atoms with Crippen LogP contribution < -0.4 is 10.6 Å². The summed E-state index contributed by atoms with van der Waals surface area (Å²) in [4.78, 5) is 34.4. The van der Waals surface area contributed by atoms with E-state index < -0.39 is 35.3 Å². The molecule has 0 unspecified atom stereocenters. The Balaban J connectivity index is 1.08. The van der Waals surface area contributed by atoms with Crippen LogP contribution in [-0.4, -0.2) is 30.9 Å². The van der Waals surface area contributed by atoms with E-state index in [4.69, 9.17) is 4.42 Å². The van der Waals surface area contributed by atoms with Gasteiger partial charge in [0.15, 0.2) is 0 Å². The van der Waals surface area contributed by atoms with Gasteiger partial charge in [-0.25, -0.2) is 9.97 Å². The van der Waals surface area contributed by atoms with Crippen LogP contribution in [0, 0.1) is 0 Å². The number of carbonyl (C=O) groups excluding carboxylic acids is 2. The molecule has 0 saturated carbocycles. The molecule has 0 atom stereocenters. The van der Waals surface area contributed by atoms with E-state index in [-0.39, 0.29) is 29.8 Å². The zero-order chi connectivity index (χ0) is 39.9. The fourth-order valence-corrected chi connectivity index (χ4v) is 6.68. The number of nitrogens with zero attached hydrogens (tertiary/aromatic N) is 4. The standard InChI is InChI=1S/C42H28F6N6O3/c43-41(44,45)30-12-9-25(10-13-30)19-53-21-35(52-40(56)29-17-49-24-50-18-29)32-14-11-26(15-37(32)53)38-16-28(23-57-38)39(55)51-34-22-54(36-8-4-2-6-31(34)36)20-27-5-1-3-7-33(27)42(46,47)48/h1-18,21-24H,19-20H2,(H,51,55)(H,52,56). The van der Waals surface area contributed by atoms with Crippen LogP contribution in [0.5, 0.6) is 0 Å². The second kappa shape index (κ2) is 14.5. The van der Waals surface area contributed by atoms with Gasteiger partial charge in [0.25, 0.3) is 11.8 Å². The van der Waals surface area contributed by atoms with Gasteiger partial charge in [0, 0.05) is 54.2 Å². The molecule has 9 nitrogen and oxygen atoms in total. The maximum Gasteiger partial charge on any atom is 0.416 e. The van der Waals surface area contributed by atoms with Crippen LogP contribution in [0.15, 0.2) is 139 Å². The lowest BCUT2D eigenvalue weighted by Gasteiger charge is -2.13. The Morgan fingerprint density at radius 1 is 0.649 bits per heavy atom. The van der Waals surface area contributed by atoms with Gasteiger partial charge in [-0.05, 0) is 53.6 Å². The number of halogens is 6. The first-order valence-corrected chi connectivity index (χ1v) is 17.3. The second-order valence-electron chi connectivity index (χ2n) is 13.2. The number of carbonyl (C=O) groups is 2. The molecule has 57 heavy (non-hydrogen) atoms. The number of amides is 2. The summed E-state index contributed by atoms with van der Waals surface area (Å²) < 4.78 is 90.3. The van der Waals surface area contributed by atoms with Crippen molar-refractivity contribution in [1.29, 1.82) is 0 Å². The molecule has 8 rings (SSSR count). The SMILES string of the molecule is O=C(Nc1cn(Cc2ccc(C(F)(F)F)cc2)c2cc(-c3cc(C(=O)Nc4cn(Cc5ccccc5C(F)(F)F)c5ccccc45)co3)ccc12)c1cncnc1. The summed E-state index contributed by atoms with van der Waals surface area (Å²) in [5.74, 6) is -0.669. The normalized spacial score (nSPS) is 12.0. The molecule has 0 aliphatic rings. The van der Waals surface area contributed by atoms with Gasteiger partial charge in [0.1, 0.15) is 18.4 Å². The third-order valence-electron chi connectivity index (χ3n) is 9.43. The topological polar surface area (TPSA) is 107 Å². The van der Waals surface area contributed by atoms with Crippen molar-refractivity contribution < 1.29 is 40.3 Å². The number of nitrogens with one attached hydrogen (secondary N) is 2. The summed E-state index contributed by atoms with van der Waals surface area (Å²) >= 11 is 0. The zero-order valence-corrected chi connectivity index (χ0v) is 29.4. The van der Waals surface area contributed by atoms with Crippen LogP contribution in [0.2, 0.25) is 0 Å². The average Bonchev–Trinajstić information content (AvgIpc) is 3.91. The van der Waals surface area contributed by atoms with Gasteiger partial charge < -0.3 is 24.2 Å². The molecule has 0 aliphatic heterocycles. The van der Waals surface area contributed by atoms with Gasteiger partial charge >= 0.3 is 12.4 Å². The highest BCUT2D eigenvalue weighted by Crippen LogP contribution is 2.36. The number of aromatic nitrogens is 4. The van der Waals surface area contributed by atoms with Crippen molar-refractivity contribution in [3.63, 3.8) is 0 Å². The van der Waals surface area contributed by atoms with E-state index in [1.165, 1.54) is 55.3 Å². The first-order chi connectivity index (χ1) is 27.3. The monoisotopic (exact) mass is 778 g/mol. The molecule has 8 aromatic rings. The molecule has 2 N–H and O–H groups in total. The molecule has 0 aliphatic carbocycles. The molecule has 4 aromatic carbocycles. The first-order valence-electron chi connectivity index (χ1n) is 17.3. The lowest BCUT2D eigenvalue weighted by Crippen LogP contribution is -2.12. The van der Waals surface area contributed by atoms with E-state index in [2.05, 4.69) is 20.6 Å². The molecular weight excluding hydrogens is 750 g/mol. The highest BCUT2D eigenvalue weighted by Gasteiger charge is 2.33. The summed E-state index contributed by atoms with van der Waals surface area (Å²) in [7, 11) is 0. The van der Waals surface area contributed by atoms with E-state index in [9.17, 15) is 35.9 Å². The number of anilines is 2. The van der Waals surface area contributed by atoms with Crippen molar-refractivity contribution in [2.24, 2.45) is 0 Å². The fraction of sp³-hybridized carbons (Fsp3) is 0.0952. The molecular formula is C42H28F6N6O3. The number of hydrogen-bond acceptors (Lipinski definition) is 5. The Morgan fingerprint density at radius 3 is 1.98 bits per heavy atom. The van der Waals surface area contributed by atoms with E-state index >= 15 is 0 Å². The van der Waals surface area contributed by atoms with Crippen molar-refractivity contribution in [3.8, 4) is 11.3 Å². The number of benzene rings is 4. The van der Waals surface area contributed by atoms with Crippen molar-refractivity contribution in [1.82, 2.24) is 19.1 Å². The Labute approximate surface area is 319 Å². The summed E-state index contributed by atoms with van der Waals surface area (Å²) in [6.45, 7) is 0.0701. The van der Waals surface area contributed by atoms with Crippen LogP contribution in [0.1, 0.15) is 43.0 Å². The minimum Gasteiger partial charge on any atom is -0.464 e. The Hall–Kier alpha value is -7.16. The van der Waals surface area contributed by atoms with Crippen LogP contribution in [0.4, 0.5) is 37.7 Å². The molecule has 0 saturated heterocycles. The van der Waals surface area contributed by atoms with E-state index in [1.54, 1.807) is 70.1 Å². The maximum absolute atomic E-state index is 13.8. The van der Waals surface area contributed by atoms with Gasteiger partial charge in [-0.2, -0.15) is 26.3 Å². The predicted octanol–water partition coefficient (Wildman–Crippen LogP) is 10.3. The highest BCUT2D eigenvalue weighted by molar-refractivity contribution is 6.10. The van der Waals surface area contributed by atoms with Crippen molar-refractivity contribution in [3.05, 3.63) is 168 Å². The van der Waals surface area contributed by atoms with Gasteiger partial charge in [0.2, 0.25) is 0 Å². The lowest BCUT2D eigenvalue weighted by molar-refractivity contribution is -0.138. The molecule has 0 radical (unpaired) electrons. The summed E-state index contributed by atoms with van der Waals surface area (Å²) in [5, 5.41) is 6.97.